The second kappa shape index (κ2) is 7.74. The van der Waals surface area contributed by atoms with Gasteiger partial charge in [0.2, 0.25) is 0 Å². The quantitative estimate of drug-likeness (QED) is 0.678. The van der Waals surface area contributed by atoms with Gasteiger partial charge in [-0.15, -0.1) is 0 Å². The van der Waals surface area contributed by atoms with E-state index in [9.17, 15) is 4.79 Å². The highest BCUT2D eigenvalue weighted by molar-refractivity contribution is 5.75. The third-order valence-electron chi connectivity index (χ3n) is 3.79. The molecule has 0 aromatic carbocycles. The molecule has 1 aliphatic heterocycles. The number of ether oxygens (including phenoxy) is 1. The van der Waals surface area contributed by atoms with Crippen LogP contribution in [0, 0.1) is 0 Å². The van der Waals surface area contributed by atoms with E-state index in [1.54, 1.807) is 0 Å². The zero-order valence-corrected chi connectivity index (χ0v) is 12.3. The van der Waals surface area contributed by atoms with Gasteiger partial charge < -0.3 is 9.64 Å². The summed E-state index contributed by atoms with van der Waals surface area (Å²) in [5.41, 5.74) is 0. The topological polar surface area (TPSA) is 32.8 Å². The van der Waals surface area contributed by atoms with Crippen LogP contribution in [0.15, 0.2) is 0 Å². The van der Waals surface area contributed by atoms with Crippen LogP contribution in [0.5, 0.6) is 0 Å². The second-order valence-corrected chi connectivity index (χ2v) is 5.29. The summed E-state index contributed by atoms with van der Waals surface area (Å²) in [5, 5.41) is 0. The molecule has 1 fully saturated rings. The number of hydrogen-bond donors (Lipinski definition) is 0. The molecule has 1 rings (SSSR count). The van der Waals surface area contributed by atoms with Gasteiger partial charge in [-0.05, 0) is 40.3 Å². The van der Waals surface area contributed by atoms with Crippen LogP contribution in [0.1, 0.15) is 39.5 Å². The number of carbonyl (C=O) groups excluding carboxylic acids is 1. The molecule has 18 heavy (non-hydrogen) atoms. The average molecular weight is 256 g/mol. The lowest BCUT2D eigenvalue weighted by Crippen LogP contribution is -2.49. The van der Waals surface area contributed by atoms with Crippen molar-refractivity contribution in [1.82, 2.24) is 9.80 Å². The number of likely N-dealkylation sites (tertiary alicyclic amines) is 1. The Bertz CT molecular complexity index is 248. The molecule has 4 nitrogen and oxygen atoms in total. The van der Waals surface area contributed by atoms with Crippen molar-refractivity contribution in [1.29, 1.82) is 0 Å². The van der Waals surface area contributed by atoms with Crippen molar-refractivity contribution in [2.75, 3.05) is 33.8 Å². The Balaban J connectivity index is 2.52. The van der Waals surface area contributed by atoms with E-state index in [1.165, 1.54) is 0 Å². The molecular formula is C14H28N2O2. The zero-order valence-electron chi connectivity index (χ0n) is 12.3. The molecule has 1 saturated heterocycles. The van der Waals surface area contributed by atoms with E-state index in [0.29, 0.717) is 12.6 Å². The van der Waals surface area contributed by atoms with Gasteiger partial charge in [0.15, 0.2) is 0 Å². The Morgan fingerprint density at radius 3 is 2.39 bits per heavy atom. The van der Waals surface area contributed by atoms with Crippen LogP contribution in [-0.2, 0) is 9.53 Å². The number of esters is 1. The molecule has 0 saturated carbocycles. The summed E-state index contributed by atoms with van der Waals surface area (Å²) >= 11 is 0. The molecule has 0 aliphatic carbocycles. The van der Waals surface area contributed by atoms with Crippen LogP contribution in [-0.4, -0.2) is 61.6 Å². The molecule has 1 atom stereocenters. The molecule has 0 spiro atoms. The van der Waals surface area contributed by atoms with Crippen molar-refractivity contribution in [2.45, 2.75) is 51.6 Å². The fraction of sp³-hybridized carbons (Fsp3) is 0.929. The summed E-state index contributed by atoms with van der Waals surface area (Å²) in [6, 6.07) is 0.629. The minimum atomic E-state index is -0.0392. The SMILES string of the molecule is CCCC(C(=O)OCC)N1CCC(N(C)C)CC1. The first kappa shape index (κ1) is 15.4. The van der Waals surface area contributed by atoms with E-state index in [4.69, 9.17) is 4.74 Å². The standard InChI is InChI=1S/C14H28N2O2/c1-5-7-13(14(17)18-6-2)16-10-8-12(9-11-16)15(3)4/h12-13H,5-11H2,1-4H3. The predicted molar refractivity (Wildman–Crippen MR) is 73.6 cm³/mol. The molecule has 0 amide bonds. The van der Waals surface area contributed by atoms with Gasteiger partial charge in [-0.25, -0.2) is 0 Å². The molecule has 1 heterocycles. The lowest BCUT2D eigenvalue weighted by Gasteiger charge is -2.38. The summed E-state index contributed by atoms with van der Waals surface area (Å²) in [7, 11) is 4.27. The third-order valence-corrected chi connectivity index (χ3v) is 3.79. The lowest BCUT2D eigenvalue weighted by molar-refractivity contribution is -0.150. The van der Waals surface area contributed by atoms with Crippen molar-refractivity contribution in [3.63, 3.8) is 0 Å². The maximum atomic E-state index is 12.0. The predicted octanol–water partition coefficient (Wildman–Crippen LogP) is 1.74. The van der Waals surface area contributed by atoms with Gasteiger partial charge in [0, 0.05) is 19.1 Å². The monoisotopic (exact) mass is 256 g/mol. The number of piperidine rings is 1. The molecule has 0 aromatic rings. The minimum Gasteiger partial charge on any atom is -0.465 e. The van der Waals surface area contributed by atoms with Gasteiger partial charge in [0.1, 0.15) is 6.04 Å². The largest absolute Gasteiger partial charge is 0.465 e. The van der Waals surface area contributed by atoms with Gasteiger partial charge in [-0.3, -0.25) is 9.69 Å². The van der Waals surface area contributed by atoms with Gasteiger partial charge in [0.05, 0.1) is 6.61 Å². The minimum absolute atomic E-state index is 0.0296. The van der Waals surface area contributed by atoms with Crippen LogP contribution >= 0.6 is 0 Å². The zero-order chi connectivity index (χ0) is 13.5. The van der Waals surface area contributed by atoms with Gasteiger partial charge in [-0.1, -0.05) is 13.3 Å². The maximum absolute atomic E-state index is 12.0. The average Bonchev–Trinajstić information content (AvgIpc) is 2.36. The van der Waals surface area contributed by atoms with Gasteiger partial charge >= 0.3 is 5.97 Å². The molecule has 106 valence electrons. The second-order valence-electron chi connectivity index (χ2n) is 5.29. The van der Waals surface area contributed by atoms with E-state index in [2.05, 4.69) is 30.8 Å². The van der Waals surface area contributed by atoms with E-state index in [1.807, 2.05) is 6.92 Å². The Morgan fingerprint density at radius 1 is 1.33 bits per heavy atom. The summed E-state index contributed by atoms with van der Waals surface area (Å²) in [6.45, 7) is 6.49. The lowest BCUT2D eigenvalue weighted by atomic mass is 10.0. The van der Waals surface area contributed by atoms with Crippen molar-refractivity contribution < 1.29 is 9.53 Å². The molecular weight excluding hydrogens is 228 g/mol. The highest BCUT2D eigenvalue weighted by Crippen LogP contribution is 2.19. The molecule has 0 aromatic heterocycles. The number of hydrogen-bond acceptors (Lipinski definition) is 4. The molecule has 4 heteroatoms. The Labute approximate surface area is 111 Å². The first-order valence-corrected chi connectivity index (χ1v) is 7.17. The molecule has 0 bridgehead atoms. The molecule has 0 N–H and O–H groups in total. The highest BCUT2D eigenvalue weighted by atomic mass is 16.5. The first-order chi connectivity index (χ1) is 8.60. The smallest absolute Gasteiger partial charge is 0.323 e. The van der Waals surface area contributed by atoms with E-state index in [0.717, 1.165) is 38.8 Å². The highest BCUT2D eigenvalue weighted by Gasteiger charge is 2.30. The Kier molecular flexibility index (Phi) is 6.65. The van der Waals surface area contributed by atoms with Crippen LogP contribution < -0.4 is 0 Å². The van der Waals surface area contributed by atoms with Crippen molar-refractivity contribution >= 4 is 5.97 Å². The van der Waals surface area contributed by atoms with Crippen LogP contribution in [0.2, 0.25) is 0 Å². The fourth-order valence-corrected chi connectivity index (χ4v) is 2.68. The van der Waals surface area contributed by atoms with Gasteiger partial charge in [-0.2, -0.15) is 0 Å². The van der Waals surface area contributed by atoms with Crippen molar-refractivity contribution in [2.24, 2.45) is 0 Å². The van der Waals surface area contributed by atoms with Crippen LogP contribution in [0.25, 0.3) is 0 Å². The number of nitrogens with zero attached hydrogens (tertiary/aromatic N) is 2. The molecule has 0 radical (unpaired) electrons. The maximum Gasteiger partial charge on any atom is 0.323 e. The van der Waals surface area contributed by atoms with E-state index in [-0.39, 0.29) is 12.0 Å². The van der Waals surface area contributed by atoms with Gasteiger partial charge in [0.25, 0.3) is 0 Å². The summed E-state index contributed by atoms with van der Waals surface area (Å²) in [6.07, 6.45) is 4.22. The first-order valence-electron chi connectivity index (χ1n) is 7.17. The number of rotatable bonds is 6. The van der Waals surface area contributed by atoms with Crippen molar-refractivity contribution in [3.8, 4) is 0 Å². The fourth-order valence-electron chi connectivity index (χ4n) is 2.68. The summed E-state index contributed by atoms with van der Waals surface area (Å²) in [4.78, 5) is 16.6. The normalized spacial score (nSPS) is 20.1. The van der Waals surface area contributed by atoms with Crippen molar-refractivity contribution in [3.05, 3.63) is 0 Å². The Morgan fingerprint density at radius 2 is 1.94 bits per heavy atom. The molecule has 1 unspecified atom stereocenters. The van der Waals surface area contributed by atoms with E-state index >= 15 is 0 Å². The van der Waals surface area contributed by atoms with Crippen LogP contribution in [0.3, 0.4) is 0 Å². The Hall–Kier alpha value is -0.610. The molecule has 1 aliphatic rings. The number of carbonyl (C=O) groups is 1. The van der Waals surface area contributed by atoms with E-state index < -0.39 is 0 Å². The van der Waals surface area contributed by atoms with Crippen LogP contribution in [0.4, 0.5) is 0 Å². The summed E-state index contributed by atoms with van der Waals surface area (Å²) < 4.78 is 5.19. The third kappa shape index (κ3) is 4.25. The summed E-state index contributed by atoms with van der Waals surface area (Å²) in [5.74, 6) is -0.0392.